The van der Waals surface area contributed by atoms with E-state index in [2.05, 4.69) is 25.2 Å². The molecule has 0 atom stereocenters. The van der Waals surface area contributed by atoms with Gasteiger partial charge in [0.25, 0.3) is 0 Å². The van der Waals surface area contributed by atoms with Crippen molar-refractivity contribution in [2.75, 3.05) is 37.0 Å². The molecular weight excluding hydrogens is 316 g/mol. The van der Waals surface area contributed by atoms with Crippen molar-refractivity contribution in [2.24, 2.45) is 5.92 Å². The van der Waals surface area contributed by atoms with Crippen LogP contribution in [0.25, 0.3) is 0 Å². The summed E-state index contributed by atoms with van der Waals surface area (Å²) >= 11 is 0. The quantitative estimate of drug-likeness (QED) is 0.888. The third kappa shape index (κ3) is 4.43. The Morgan fingerprint density at radius 3 is 2.76 bits per heavy atom. The van der Waals surface area contributed by atoms with Gasteiger partial charge in [-0.25, -0.2) is 4.98 Å². The highest BCUT2D eigenvalue weighted by Gasteiger charge is 2.26. The van der Waals surface area contributed by atoms with E-state index in [0.29, 0.717) is 6.54 Å². The fraction of sp³-hybridized carbons (Fsp3) is 0.444. The Bertz CT molecular complexity index is 698. The zero-order valence-electron chi connectivity index (χ0n) is 14.7. The third-order valence-electron chi connectivity index (χ3n) is 4.42. The van der Waals surface area contributed by atoms with Crippen molar-refractivity contribution in [3.05, 3.63) is 42.4 Å². The van der Waals surface area contributed by atoms with Crippen LogP contribution in [-0.4, -0.2) is 48.0 Å². The van der Waals surface area contributed by atoms with Crippen molar-refractivity contribution in [1.29, 1.82) is 0 Å². The number of amides is 1. The lowest BCUT2D eigenvalue weighted by atomic mass is 9.96. The van der Waals surface area contributed by atoms with Gasteiger partial charge in [0.2, 0.25) is 11.9 Å². The van der Waals surface area contributed by atoms with Crippen molar-refractivity contribution in [3.63, 3.8) is 0 Å². The maximum atomic E-state index is 12.4. The van der Waals surface area contributed by atoms with Gasteiger partial charge in [-0.3, -0.25) is 9.78 Å². The van der Waals surface area contributed by atoms with Crippen molar-refractivity contribution in [1.82, 2.24) is 20.3 Å². The minimum absolute atomic E-state index is 0.0463. The van der Waals surface area contributed by atoms with Gasteiger partial charge in [0.15, 0.2) is 0 Å². The lowest BCUT2D eigenvalue weighted by Gasteiger charge is -2.31. The lowest BCUT2D eigenvalue weighted by Crippen LogP contribution is -2.41. The molecule has 1 aliphatic heterocycles. The molecule has 1 saturated heterocycles. The molecule has 0 aromatic carbocycles. The molecule has 0 saturated carbocycles. The maximum Gasteiger partial charge on any atom is 0.227 e. The van der Waals surface area contributed by atoms with Crippen molar-refractivity contribution < 1.29 is 4.79 Å². The van der Waals surface area contributed by atoms with E-state index in [-0.39, 0.29) is 11.8 Å². The predicted octanol–water partition coefficient (Wildman–Crippen LogP) is 1.47. The van der Waals surface area contributed by atoms with Gasteiger partial charge in [0.1, 0.15) is 5.82 Å². The Morgan fingerprint density at radius 1 is 1.28 bits per heavy atom. The standard InChI is InChI=1S/C18H24N6O/c1-23(2)16-5-9-20-18(22-16)24-10-6-15(7-11-24)17(25)21-13-14-4-3-8-19-12-14/h3-5,8-9,12,15H,6-7,10-11,13H2,1-2H3,(H,21,25). The van der Waals surface area contributed by atoms with Gasteiger partial charge in [-0.15, -0.1) is 0 Å². The minimum Gasteiger partial charge on any atom is -0.363 e. The van der Waals surface area contributed by atoms with E-state index in [4.69, 9.17) is 0 Å². The summed E-state index contributed by atoms with van der Waals surface area (Å²) in [7, 11) is 3.93. The molecule has 0 unspecified atom stereocenters. The summed E-state index contributed by atoms with van der Waals surface area (Å²) in [4.78, 5) is 29.5. The monoisotopic (exact) mass is 340 g/mol. The summed E-state index contributed by atoms with van der Waals surface area (Å²) in [5, 5.41) is 3.01. The molecule has 2 aromatic rings. The zero-order chi connectivity index (χ0) is 17.6. The van der Waals surface area contributed by atoms with Gasteiger partial charge < -0.3 is 15.1 Å². The fourth-order valence-corrected chi connectivity index (χ4v) is 2.92. The van der Waals surface area contributed by atoms with Crippen LogP contribution in [-0.2, 0) is 11.3 Å². The van der Waals surface area contributed by atoms with Gasteiger partial charge in [0, 0.05) is 58.2 Å². The number of pyridine rings is 1. The largest absolute Gasteiger partial charge is 0.363 e. The van der Waals surface area contributed by atoms with Crippen LogP contribution < -0.4 is 15.1 Å². The van der Waals surface area contributed by atoms with Crippen LogP contribution in [0.2, 0.25) is 0 Å². The van der Waals surface area contributed by atoms with Gasteiger partial charge in [0.05, 0.1) is 0 Å². The van der Waals surface area contributed by atoms with Gasteiger partial charge >= 0.3 is 0 Å². The molecule has 2 aromatic heterocycles. The molecule has 1 N–H and O–H groups in total. The van der Waals surface area contributed by atoms with Gasteiger partial charge in [-0.1, -0.05) is 6.07 Å². The summed E-state index contributed by atoms with van der Waals surface area (Å²) < 4.78 is 0. The van der Waals surface area contributed by atoms with E-state index >= 15 is 0 Å². The Kier molecular flexibility index (Phi) is 5.42. The van der Waals surface area contributed by atoms with Crippen LogP contribution in [0, 0.1) is 5.92 Å². The number of hydrogen-bond donors (Lipinski definition) is 1. The average molecular weight is 340 g/mol. The first-order chi connectivity index (χ1) is 12.1. The molecular formula is C18H24N6O. The molecule has 7 nitrogen and oxygen atoms in total. The SMILES string of the molecule is CN(C)c1ccnc(N2CCC(C(=O)NCc3cccnc3)CC2)n1. The van der Waals surface area contributed by atoms with E-state index in [0.717, 1.165) is 43.3 Å². The molecule has 1 amide bonds. The maximum absolute atomic E-state index is 12.4. The fourth-order valence-electron chi connectivity index (χ4n) is 2.92. The van der Waals surface area contributed by atoms with Crippen LogP contribution in [0.4, 0.5) is 11.8 Å². The highest BCUT2D eigenvalue weighted by Crippen LogP contribution is 2.22. The smallest absolute Gasteiger partial charge is 0.227 e. The molecule has 1 fully saturated rings. The van der Waals surface area contributed by atoms with E-state index in [1.54, 1.807) is 18.6 Å². The first-order valence-corrected chi connectivity index (χ1v) is 8.55. The minimum atomic E-state index is 0.0463. The second-order valence-electron chi connectivity index (χ2n) is 6.45. The highest BCUT2D eigenvalue weighted by atomic mass is 16.1. The Labute approximate surface area is 148 Å². The first kappa shape index (κ1) is 17.1. The molecule has 132 valence electrons. The zero-order valence-corrected chi connectivity index (χ0v) is 14.7. The average Bonchev–Trinajstić information content (AvgIpc) is 2.67. The van der Waals surface area contributed by atoms with E-state index in [1.807, 2.05) is 37.2 Å². The van der Waals surface area contributed by atoms with E-state index in [1.165, 1.54) is 0 Å². The summed E-state index contributed by atoms with van der Waals surface area (Å²) in [6, 6.07) is 5.73. The molecule has 25 heavy (non-hydrogen) atoms. The number of nitrogens with one attached hydrogen (secondary N) is 1. The van der Waals surface area contributed by atoms with Crippen molar-refractivity contribution in [2.45, 2.75) is 19.4 Å². The van der Waals surface area contributed by atoms with Crippen molar-refractivity contribution in [3.8, 4) is 0 Å². The number of aromatic nitrogens is 3. The number of hydrogen-bond acceptors (Lipinski definition) is 6. The summed E-state index contributed by atoms with van der Waals surface area (Å²) in [5.41, 5.74) is 1.02. The van der Waals surface area contributed by atoms with Crippen LogP contribution in [0.15, 0.2) is 36.8 Å². The highest BCUT2D eigenvalue weighted by molar-refractivity contribution is 5.78. The van der Waals surface area contributed by atoms with E-state index in [9.17, 15) is 4.79 Å². The van der Waals surface area contributed by atoms with Crippen LogP contribution >= 0.6 is 0 Å². The van der Waals surface area contributed by atoms with Crippen LogP contribution in [0.3, 0.4) is 0 Å². The topological polar surface area (TPSA) is 74.2 Å². The molecule has 3 rings (SSSR count). The predicted molar refractivity (Wildman–Crippen MR) is 97.4 cm³/mol. The summed E-state index contributed by atoms with van der Waals surface area (Å²) in [6.45, 7) is 2.12. The second kappa shape index (κ2) is 7.92. The number of carbonyl (C=O) groups excluding carboxylic acids is 1. The summed E-state index contributed by atoms with van der Waals surface area (Å²) in [6.07, 6.45) is 6.92. The Morgan fingerprint density at radius 2 is 2.08 bits per heavy atom. The number of carbonyl (C=O) groups is 1. The molecule has 0 spiro atoms. The number of rotatable bonds is 5. The molecule has 1 aliphatic rings. The Hall–Kier alpha value is -2.70. The van der Waals surface area contributed by atoms with Gasteiger partial charge in [-0.2, -0.15) is 4.98 Å². The van der Waals surface area contributed by atoms with Gasteiger partial charge in [-0.05, 0) is 30.5 Å². The molecule has 7 heteroatoms. The van der Waals surface area contributed by atoms with E-state index < -0.39 is 0 Å². The van der Waals surface area contributed by atoms with Crippen LogP contribution in [0.5, 0.6) is 0 Å². The van der Waals surface area contributed by atoms with Crippen LogP contribution in [0.1, 0.15) is 18.4 Å². The second-order valence-corrected chi connectivity index (χ2v) is 6.45. The molecule has 0 bridgehead atoms. The first-order valence-electron chi connectivity index (χ1n) is 8.55. The molecule has 0 radical (unpaired) electrons. The number of nitrogens with zero attached hydrogens (tertiary/aromatic N) is 5. The number of anilines is 2. The summed E-state index contributed by atoms with van der Waals surface area (Å²) in [5.74, 6) is 1.79. The van der Waals surface area contributed by atoms with Crippen molar-refractivity contribution >= 4 is 17.7 Å². The third-order valence-corrected chi connectivity index (χ3v) is 4.42. The number of piperidine rings is 1. The molecule has 0 aliphatic carbocycles. The molecule has 3 heterocycles. The normalized spacial score (nSPS) is 15.0. The Balaban J connectivity index is 1.51. The lowest BCUT2D eigenvalue weighted by molar-refractivity contribution is -0.125.